The number of nitrogens with zero attached hydrogens (tertiary/aromatic N) is 2. The first-order valence-corrected chi connectivity index (χ1v) is 5.44. The quantitative estimate of drug-likeness (QED) is 0.939. The number of aromatic nitrogens is 2. The van der Waals surface area contributed by atoms with Crippen LogP contribution in [0.5, 0.6) is 0 Å². The average molecular weight is 281 g/mol. The molecule has 0 unspecified atom stereocenters. The highest BCUT2D eigenvalue weighted by atomic mass is 79.9. The number of halogens is 1. The van der Waals surface area contributed by atoms with Gasteiger partial charge in [-0.05, 0) is 33.6 Å². The van der Waals surface area contributed by atoms with Gasteiger partial charge in [-0.2, -0.15) is 0 Å². The molecule has 2 aromatic heterocycles. The van der Waals surface area contributed by atoms with E-state index in [4.69, 9.17) is 5.11 Å². The van der Waals surface area contributed by atoms with Crippen molar-refractivity contribution in [3.63, 3.8) is 0 Å². The second kappa shape index (κ2) is 4.49. The number of aromatic carboxylic acids is 1. The third-order valence-electron chi connectivity index (χ3n) is 2.17. The van der Waals surface area contributed by atoms with Crippen molar-refractivity contribution < 1.29 is 9.90 Å². The Hall–Kier alpha value is -1.62. The minimum Gasteiger partial charge on any atom is -0.478 e. The Morgan fingerprint density at radius 2 is 2.38 bits per heavy atom. The molecule has 0 aromatic carbocycles. The Morgan fingerprint density at radius 1 is 1.56 bits per heavy atom. The topological polar surface area (TPSA) is 55.1 Å². The highest BCUT2D eigenvalue weighted by Crippen LogP contribution is 2.17. The predicted octanol–water partition coefficient (Wildman–Crippen LogP) is 2.39. The Kier molecular flexibility index (Phi) is 3.05. The molecule has 16 heavy (non-hydrogen) atoms. The van der Waals surface area contributed by atoms with Gasteiger partial charge in [0.25, 0.3) is 0 Å². The minimum atomic E-state index is -0.925. The minimum absolute atomic E-state index is 0.274. The SMILES string of the molecule is O=C(O)c1cc(Br)n(Cc2cccnc2)c1. The van der Waals surface area contributed by atoms with Crippen molar-refractivity contribution >= 4 is 21.9 Å². The molecule has 82 valence electrons. The summed E-state index contributed by atoms with van der Waals surface area (Å²) in [5, 5.41) is 8.84. The van der Waals surface area contributed by atoms with Crippen LogP contribution in [0.1, 0.15) is 15.9 Å². The van der Waals surface area contributed by atoms with Crippen LogP contribution in [0.4, 0.5) is 0 Å². The Morgan fingerprint density at radius 3 is 2.94 bits per heavy atom. The third kappa shape index (κ3) is 2.30. The molecule has 0 aliphatic heterocycles. The van der Waals surface area contributed by atoms with Crippen LogP contribution in [-0.2, 0) is 6.54 Å². The van der Waals surface area contributed by atoms with Gasteiger partial charge in [0.1, 0.15) is 0 Å². The van der Waals surface area contributed by atoms with Crippen LogP contribution in [0.25, 0.3) is 0 Å². The molecule has 0 aliphatic rings. The fourth-order valence-electron chi connectivity index (χ4n) is 1.40. The fourth-order valence-corrected chi connectivity index (χ4v) is 1.88. The molecule has 2 rings (SSSR count). The molecule has 0 spiro atoms. The van der Waals surface area contributed by atoms with E-state index < -0.39 is 5.97 Å². The first kappa shape index (κ1) is 10.9. The van der Waals surface area contributed by atoms with E-state index in [9.17, 15) is 4.79 Å². The van der Waals surface area contributed by atoms with Gasteiger partial charge < -0.3 is 9.67 Å². The monoisotopic (exact) mass is 280 g/mol. The maximum Gasteiger partial charge on any atom is 0.337 e. The van der Waals surface area contributed by atoms with Gasteiger partial charge in [0.15, 0.2) is 0 Å². The van der Waals surface area contributed by atoms with Crippen molar-refractivity contribution in [2.75, 3.05) is 0 Å². The zero-order valence-corrected chi connectivity index (χ0v) is 9.89. The van der Waals surface area contributed by atoms with Crippen molar-refractivity contribution in [1.82, 2.24) is 9.55 Å². The smallest absolute Gasteiger partial charge is 0.337 e. The molecule has 1 N–H and O–H groups in total. The lowest BCUT2D eigenvalue weighted by Gasteiger charge is -2.03. The lowest BCUT2D eigenvalue weighted by atomic mass is 10.3. The molecule has 0 saturated heterocycles. The average Bonchev–Trinajstić information content (AvgIpc) is 2.62. The number of rotatable bonds is 3. The fraction of sp³-hybridized carbons (Fsp3) is 0.0909. The lowest BCUT2D eigenvalue weighted by Crippen LogP contribution is -1.99. The molecule has 0 radical (unpaired) electrons. The summed E-state index contributed by atoms with van der Waals surface area (Å²) in [4.78, 5) is 14.8. The van der Waals surface area contributed by atoms with E-state index in [1.807, 2.05) is 16.7 Å². The van der Waals surface area contributed by atoms with E-state index in [0.29, 0.717) is 6.54 Å². The van der Waals surface area contributed by atoms with Crippen LogP contribution in [0.15, 0.2) is 41.4 Å². The summed E-state index contributed by atoms with van der Waals surface area (Å²) in [7, 11) is 0. The number of hydrogen-bond donors (Lipinski definition) is 1. The Bertz CT molecular complexity index is 508. The summed E-state index contributed by atoms with van der Waals surface area (Å²) in [6.45, 7) is 0.599. The third-order valence-corrected chi connectivity index (χ3v) is 2.85. The van der Waals surface area contributed by atoms with Gasteiger partial charge in [0, 0.05) is 25.1 Å². The lowest BCUT2D eigenvalue weighted by molar-refractivity contribution is 0.0697. The number of carboxylic acid groups (broad SMARTS) is 1. The molecule has 0 atom stereocenters. The van der Waals surface area contributed by atoms with Crippen LogP contribution in [0.3, 0.4) is 0 Å². The van der Waals surface area contributed by atoms with Gasteiger partial charge in [-0.3, -0.25) is 4.98 Å². The van der Waals surface area contributed by atoms with Crippen molar-refractivity contribution in [2.45, 2.75) is 6.54 Å². The molecule has 0 amide bonds. The van der Waals surface area contributed by atoms with E-state index in [-0.39, 0.29) is 5.56 Å². The van der Waals surface area contributed by atoms with Crippen molar-refractivity contribution in [3.8, 4) is 0 Å². The summed E-state index contributed by atoms with van der Waals surface area (Å²) < 4.78 is 2.56. The summed E-state index contributed by atoms with van der Waals surface area (Å²) in [5.41, 5.74) is 1.30. The number of hydrogen-bond acceptors (Lipinski definition) is 2. The van der Waals surface area contributed by atoms with Gasteiger partial charge in [-0.15, -0.1) is 0 Å². The molecule has 0 fully saturated rings. The predicted molar refractivity (Wildman–Crippen MR) is 62.4 cm³/mol. The standard InChI is InChI=1S/C11H9BrN2O2/c12-10-4-9(11(15)16)7-14(10)6-8-2-1-3-13-5-8/h1-5,7H,6H2,(H,15,16). The molecule has 2 heterocycles. The van der Waals surface area contributed by atoms with E-state index in [2.05, 4.69) is 20.9 Å². The van der Waals surface area contributed by atoms with E-state index >= 15 is 0 Å². The summed E-state index contributed by atoms with van der Waals surface area (Å²) in [5.74, 6) is -0.925. The molecule has 0 bridgehead atoms. The van der Waals surface area contributed by atoms with Crippen LogP contribution < -0.4 is 0 Å². The summed E-state index contributed by atoms with van der Waals surface area (Å²) in [6, 6.07) is 5.38. The van der Waals surface area contributed by atoms with Crippen LogP contribution in [-0.4, -0.2) is 20.6 Å². The highest BCUT2D eigenvalue weighted by Gasteiger charge is 2.09. The zero-order chi connectivity index (χ0) is 11.5. The van der Waals surface area contributed by atoms with Gasteiger partial charge in [-0.25, -0.2) is 4.79 Å². The second-order valence-electron chi connectivity index (χ2n) is 3.35. The van der Waals surface area contributed by atoms with Crippen LogP contribution >= 0.6 is 15.9 Å². The maximum atomic E-state index is 10.8. The van der Waals surface area contributed by atoms with Gasteiger partial charge in [0.05, 0.1) is 10.2 Å². The first-order valence-electron chi connectivity index (χ1n) is 4.64. The molecule has 2 aromatic rings. The maximum absolute atomic E-state index is 10.8. The normalized spacial score (nSPS) is 10.3. The summed E-state index contributed by atoms with van der Waals surface area (Å²) in [6.07, 6.45) is 5.06. The first-order chi connectivity index (χ1) is 7.66. The molecule has 0 saturated carbocycles. The van der Waals surface area contributed by atoms with Gasteiger partial charge in [-0.1, -0.05) is 6.07 Å². The number of pyridine rings is 1. The number of carbonyl (C=O) groups is 1. The second-order valence-corrected chi connectivity index (χ2v) is 4.16. The van der Waals surface area contributed by atoms with Crippen LogP contribution in [0.2, 0.25) is 0 Å². The van der Waals surface area contributed by atoms with E-state index in [1.54, 1.807) is 24.7 Å². The highest BCUT2D eigenvalue weighted by molar-refractivity contribution is 9.10. The Labute approximate surface area is 101 Å². The molecular weight excluding hydrogens is 272 g/mol. The number of carboxylic acids is 1. The van der Waals surface area contributed by atoms with Gasteiger partial charge >= 0.3 is 5.97 Å². The molecule has 4 nitrogen and oxygen atoms in total. The molecular formula is C11H9BrN2O2. The Balaban J connectivity index is 2.25. The molecule has 0 aliphatic carbocycles. The zero-order valence-electron chi connectivity index (χ0n) is 8.30. The van der Waals surface area contributed by atoms with Gasteiger partial charge in [0.2, 0.25) is 0 Å². The van der Waals surface area contributed by atoms with E-state index in [0.717, 1.165) is 10.2 Å². The van der Waals surface area contributed by atoms with Crippen molar-refractivity contribution in [2.24, 2.45) is 0 Å². The van der Waals surface area contributed by atoms with Crippen molar-refractivity contribution in [1.29, 1.82) is 0 Å². The summed E-state index contributed by atoms with van der Waals surface area (Å²) >= 11 is 3.32. The van der Waals surface area contributed by atoms with Crippen LogP contribution in [0, 0.1) is 0 Å². The molecule has 5 heteroatoms. The van der Waals surface area contributed by atoms with Crippen molar-refractivity contribution in [3.05, 3.63) is 52.5 Å². The largest absolute Gasteiger partial charge is 0.478 e. The van der Waals surface area contributed by atoms with E-state index in [1.165, 1.54) is 0 Å².